The van der Waals surface area contributed by atoms with Crippen LogP contribution in [0.3, 0.4) is 0 Å². The first kappa shape index (κ1) is 20.2. The molecule has 3 rings (SSSR count). The topological polar surface area (TPSA) is 71.2 Å². The minimum absolute atomic E-state index is 0.0145. The van der Waals surface area contributed by atoms with Gasteiger partial charge in [0.1, 0.15) is 11.7 Å². The van der Waals surface area contributed by atoms with Crippen LogP contribution in [0.4, 0.5) is 8.78 Å². The maximum absolute atomic E-state index is 13.5. The van der Waals surface area contributed by atoms with Gasteiger partial charge in [-0.25, -0.2) is 8.78 Å². The summed E-state index contributed by atoms with van der Waals surface area (Å²) in [5.41, 5.74) is 0.381. The van der Waals surface area contributed by atoms with Gasteiger partial charge in [-0.05, 0) is 37.3 Å². The van der Waals surface area contributed by atoms with Gasteiger partial charge in [-0.3, -0.25) is 15.6 Å². The summed E-state index contributed by atoms with van der Waals surface area (Å²) >= 11 is 12.1. The number of carbonyl (C=O) groups is 1. The molecule has 2 aromatic rings. The molecule has 1 saturated heterocycles. The quantitative estimate of drug-likeness (QED) is 0.553. The van der Waals surface area contributed by atoms with E-state index >= 15 is 0 Å². The second-order valence-electron chi connectivity index (χ2n) is 6.42. The molecule has 1 aliphatic heterocycles. The van der Waals surface area contributed by atoms with Crippen molar-refractivity contribution in [2.45, 2.75) is 13.0 Å². The first-order chi connectivity index (χ1) is 13.2. The number of piperazine rings is 1. The van der Waals surface area contributed by atoms with Crippen molar-refractivity contribution in [1.29, 1.82) is 10.8 Å². The highest BCUT2D eigenvalue weighted by molar-refractivity contribution is 6.43. The van der Waals surface area contributed by atoms with E-state index in [1.807, 2.05) is 0 Å². The molecule has 1 heterocycles. The average Bonchev–Trinajstić information content (AvgIpc) is 2.66. The van der Waals surface area contributed by atoms with Gasteiger partial charge in [0.2, 0.25) is 0 Å². The predicted molar refractivity (Wildman–Crippen MR) is 105 cm³/mol. The normalized spacial score (nSPS) is 17.0. The zero-order valence-corrected chi connectivity index (χ0v) is 16.3. The summed E-state index contributed by atoms with van der Waals surface area (Å²) in [5.74, 6) is -2.59. The molecule has 1 unspecified atom stereocenters. The van der Waals surface area contributed by atoms with E-state index in [9.17, 15) is 13.6 Å². The third-order valence-electron chi connectivity index (χ3n) is 4.53. The molecule has 28 heavy (non-hydrogen) atoms. The minimum atomic E-state index is -1.06. The van der Waals surface area contributed by atoms with E-state index in [-0.39, 0.29) is 57.9 Å². The van der Waals surface area contributed by atoms with Crippen LogP contribution in [0.15, 0.2) is 36.4 Å². The lowest BCUT2D eigenvalue weighted by Crippen LogP contribution is -2.58. The second-order valence-corrected chi connectivity index (χ2v) is 7.20. The molecule has 0 spiro atoms. The van der Waals surface area contributed by atoms with Gasteiger partial charge in [-0.15, -0.1) is 0 Å². The van der Waals surface area contributed by atoms with E-state index in [0.717, 1.165) is 12.1 Å². The van der Waals surface area contributed by atoms with Gasteiger partial charge in [0, 0.05) is 18.2 Å². The Balaban J connectivity index is 1.81. The van der Waals surface area contributed by atoms with Crippen LogP contribution in [-0.2, 0) is 0 Å². The predicted octanol–water partition coefficient (Wildman–Crippen LogP) is 4.42. The van der Waals surface area contributed by atoms with Gasteiger partial charge in [0.05, 0.1) is 22.2 Å². The Bertz CT molecular complexity index is 982. The van der Waals surface area contributed by atoms with E-state index in [2.05, 4.69) is 0 Å². The maximum Gasteiger partial charge on any atom is 0.256 e. The Hall–Kier alpha value is -2.51. The lowest BCUT2D eigenvalue weighted by atomic mass is 10.1. The van der Waals surface area contributed by atoms with Crippen LogP contribution in [0.5, 0.6) is 0 Å². The zero-order valence-electron chi connectivity index (χ0n) is 14.8. The highest BCUT2D eigenvalue weighted by Crippen LogP contribution is 2.28. The molecule has 0 radical (unpaired) electrons. The van der Waals surface area contributed by atoms with E-state index in [0.29, 0.717) is 0 Å². The van der Waals surface area contributed by atoms with Crippen molar-refractivity contribution in [2.75, 3.05) is 13.1 Å². The molecule has 1 atom stereocenters. The van der Waals surface area contributed by atoms with Crippen molar-refractivity contribution >= 4 is 40.8 Å². The molecule has 2 N–H and O–H groups in total. The van der Waals surface area contributed by atoms with Crippen LogP contribution in [0.1, 0.15) is 22.8 Å². The first-order valence-electron chi connectivity index (χ1n) is 8.34. The number of nitrogens with one attached hydrogen (secondary N) is 2. The van der Waals surface area contributed by atoms with Gasteiger partial charge < -0.3 is 9.80 Å². The van der Waals surface area contributed by atoms with Gasteiger partial charge in [-0.2, -0.15) is 0 Å². The number of nitrogens with zero attached hydrogens (tertiary/aromatic N) is 2. The summed E-state index contributed by atoms with van der Waals surface area (Å²) in [4.78, 5) is 15.7. The Morgan fingerprint density at radius 2 is 1.89 bits per heavy atom. The first-order valence-corrected chi connectivity index (χ1v) is 9.10. The summed E-state index contributed by atoms with van der Waals surface area (Å²) in [6.45, 7) is 1.86. The lowest BCUT2D eigenvalue weighted by Gasteiger charge is -2.41. The van der Waals surface area contributed by atoms with E-state index in [1.165, 1.54) is 15.9 Å². The molecule has 1 aliphatic rings. The van der Waals surface area contributed by atoms with Gasteiger partial charge >= 0.3 is 0 Å². The summed E-state index contributed by atoms with van der Waals surface area (Å²) < 4.78 is 26.6. The monoisotopic (exact) mass is 424 g/mol. The molecule has 146 valence electrons. The number of benzene rings is 2. The fraction of sp³-hybridized carbons (Fsp3) is 0.211. The largest absolute Gasteiger partial charge is 0.327 e. The summed E-state index contributed by atoms with van der Waals surface area (Å²) in [7, 11) is 0. The molecule has 9 heteroatoms. The number of rotatable bonds is 2. The Kier molecular flexibility index (Phi) is 5.67. The fourth-order valence-corrected chi connectivity index (χ4v) is 3.38. The number of carbonyl (C=O) groups excluding carboxylic acids is 1. The lowest BCUT2D eigenvalue weighted by molar-refractivity contribution is 0.0683. The molecule has 0 aliphatic carbocycles. The summed E-state index contributed by atoms with van der Waals surface area (Å²) in [6, 6.07) is 7.53. The SMILES string of the molecule is CC1CN(C(=N)c2ccc(F)c(F)c2)C(=N)CN1C(=O)c1cccc(Cl)c1Cl. The fourth-order valence-electron chi connectivity index (χ4n) is 3.00. The Morgan fingerprint density at radius 3 is 2.57 bits per heavy atom. The van der Waals surface area contributed by atoms with Gasteiger partial charge in [-0.1, -0.05) is 29.3 Å². The minimum Gasteiger partial charge on any atom is -0.327 e. The van der Waals surface area contributed by atoms with Crippen LogP contribution in [0.25, 0.3) is 0 Å². The van der Waals surface area contributed by atoms with Crippen LogP contribution in [0.2, 0.25) is 10.0 Å². The smallest absolute Gasteiger partial charge is 0.256 e. The van der Waals surface area contributed by atoms with Crippen molar-refractivity contribution < 1.29 is 13.6 Å². The van der Waals surface area contributed by atoms with E-state index in [1.54, 1.807) is 25.1 Å². The van der Waals surface area contributed by atoms with E-state index < -0.39 is 11.6 Å². The average molecular weight is 425 g/mol. The van der Waals surface area contributed by atoms with Crippen LogP contribution < -0.4 is 0 Å². The Labute approximate surface area is 170 Å². The Morgan fingerprint density at radius 1 is 1.18 bits per heavy atom. The summed E-state index contributed by atoms with van der Waals surface area (Å²) in [6.07, 6.45) is 0. The van der Waals surface area contributed by atoms with Gasteiger partial charge in [0.15, 0.2) is 11.6 Å². The molecule has 1 fully saturated rings. The van der Waals surface area contributed by atoms with Gasteiger partial charge in [0.25, 0.3) is 5.91 Å². The van der Waals surface area contributed by atoms with Crippen molar-refractivity contribution in [3.05, 3.63) is 69.2 Å². The van der Waals surface area contributed by atoms with Crippen LogP contribution >= 0.6 is 23.2 Å². The van der Waals surface area contributed by atoms with Crippen LogP contribution in [0, 0.1) is 22.5 Å². The molecule has 0 aromatic heterocycles. The standard InChI is InChI=1S/C19H16Cl2F2N4O/c1-10-8-27(18(25)11-5-6-14(22)15(23)7-11)16(24)9-26(10)19(28)12-3-2-4-13(20)17(12)21/h2-7,10,24-25H,8-9H2,1H3. The number of halogens is 4. The van der Waals surface area contributed by atoms with Crippen molar-refractivity contribution in [3.63, 3.8) is 0 Å². The molecule has 0 bridgehead atoms. The number of amidine groups is 2. The van der Waals surface area contributed by atoms with Crippen LogP contribution in [-0.4, -0.2) is 46.5 Å². The highest BCUT2D eigenvalue weighted by atomic mass is 35.5. The molecule has 0 saturated carbocycles. The molecular weight excluding hydrogens is 409 g/mol. The van der Waals surface area contributed by atoms with Crippen molar-refractivity contribution in [1.82, 2.24) is 9.80 Å². The van der Waals surface area contributed by atoms with Crippen molar-refractivity contribution in [3.8, 4) is 0 Å². The number of hydrogen-bond acceptors (Lipinski definition) is 3. The van der Waals surface area contributed by atoms with Crippen molar-refractivity contribution in [2.24, 2.45) is 0 Å². The number of amides is 1. The second kappa shape index (κ2) is 7.85. The maximum atomic E-state index is 13.5. The molecule has 2 aromatic carbocycles. The highest BCUT2D eigenvalue weighted by Gasteiger charge is 2.34. The molecule has 5 nitrogen and oxygen atoms in total. The third-order valence-corrected chi connectivity index (χ3v) is 5.35. The zero-order chi connectivity index (χ0) is 20.6. The summed E-state index contributed by atoms with van der Waals surface area (Å²) in [5, 5.41) is 16.9. The third kappa shape index (κ3) is 3.72. The number of hydrogen-bond donors (Lipinski definition) is 2. The molecular formula is C19H16Cl2F2N4O. The van der Waals surface area contributed by atoms with E-state index in [4.69, 9.17) is 34.0 Å². The molecule has 1 amide bonds.